The highest BCUT2D eigenvalue weighted by molar-refractivity contribution is 5.94. The molecule has 31 heavy (non-hydrogen) atoms. The van der Waals surface area contributed by atoms with Gasteiger partial charge in [0.1, 0.15) is 17.7 Å². The van der Waals surface area contributed by atoms with Crippen LogP contribution in [0.15, 0.2) is 12.3 Å². The second-order valence-corrected chi connectivity index (χ2v) is 8.12. The average molecular weight is 468 g/mol. The maximum atomic E-state index is 14.1. The summed E-state index contributed by atoms with van der Waals surface area (Å²) < 4.78 is 52.5. The summed E-state index contributed by atoms with van der Waals surface area (Å²) in [5.74, 6) is -0.549. The summed E-state index contributed by atoms with van der Waals surface area (Å²) in [4.78, 5) is 28.9. The smallest absolute Gasteiger partial charge is 0.324 e. The quantitative estimate of drug-likeness (QED) is 0.579. The van der Waals surface area contributed by atoms with Crippen LogP contribution >= 0.6 is 12.4 Å². The number of nitrogens with zero attached hydrogens (tertiary/aromatic N) is 2. The Hall–Kier alpha value is -2.14. The first-order chi connectivity index (χ1) is 14.0. The van der Waals surface area contributed by atoms with Crippen LogP contribution in [0, 0.1) is 17.7 Å². The fourth-order valence-electron chi connectivity index (χ4n) is 3.86. The Bertz CT molecular complexity index is 802. The van der Waals surface area contributed by atoms with Crippen molar-refractivity contribution < 1.29 is 27.2 Å². The molecule has 0 spiro atoms. The Morgan fingerprint density at radius 2 is 2.00 bits per heavy atom. The molecule has 0 bridgehead atoms. The van der Waals surface area contributed by atoms with Crippen LogP contribution in [-0.2, 0) is 11.3 Å². The SMILES string of the molecule is CC1CCC([C@H](N)C(=O)Nc2cc(CN3C[C@@H](C(F)(F)F)NC3=O)c(F)cn2)CC1.Cl. The number of hydrogen-bond donors (Lipinski definition) is 3. The number of alkyl halides is 3. The predicted molar refractivity (Wildman–Crippen MR) is 108 cm³/mol. The van der Waals surface area contributed by atoms with Crippen LogP contribution in [0.1, 0.15) is 38.2 Å². The van der Waals surface area contributed by atoms with Gasteiger partial charge in [0.25, 0.3) is 0 Å². The molecule has 2 aliphatic rings. The molecule has 1 aliphatic heterocycles. The number of nitrogens with one attached hydrogen (secondary N) is 2. The predicted octanol–water partition coefficient (Wildman–Crippen LogP) is 3.19. The van der Waals surface area contributed by atoms with Gasteiger partial charge in [-0.1, -0.05) is 19.8 Å². The number of aromatic nitrogens is 1. The minimum Gasteiger partial charge on any atom is -0.324 e. The van der Waals surface area contributed by atoms with Crippen molar-refractivity contribution in [3.05, 3.63) is 23.6 Å². The molecule has 1 aliphatic carbocycles. The van der Waals surface area contributed by atoms with E-state index in [1.54, 1.807) is 0 Å². The summed E-state index contributed by atoms with van der Waals surface area (Å²) in [5.41, 5.74) is 6.02. The van der Waals surface area contributed by atoms with Crippen molar-refractivity contribution in [1.82, 2.24) is 15.2 Å². The molecule has 3 rings (SSSR count). The van der Waals surface area contributed by atoms with Gasteiger partial charge < -0.3 is 21.3 Å². The number of rotatable bonds is 5. The van der Waals surface area contributed by atoms with Crippen molar-refractivity contribution in [1.29, 1.82) is 0 Å². The molecule has 0 aromatic carbocycles. The Morgan fingerprint density at radius 3 is 2.58 bits per heavy atom. The number of carbonyl (C=O) groups is 2. The van der Waals surface area contributed by atoms with Crippen LogP contribution < -0.4 is 16.4 Å². The van der Waals surface area contributed by atoms with Crippen molar-refractivity contribution in [3.8, 4) is 0 Å². The Morgan fingerprint density at radius 1 is 1.35 bits per heavy atom. The zero-order valence-electron chi connectivity index (χ0n) is 16.9. The van der Waals surface area contributed by atoms with E-state index in [-0.39, 0.29) is 36.3 Å². The van der Waals surface area contributed by atoms with E-state index in [0.29, 0.717) is 5.92 Å². The van der Waals surface area contributed by atoms with Crippen LogP contribution in [0.25, 0.3) is 0 Å². The first-order valence-electron chi connectivity index (χ1n) is 9.87. The highest BCUT2D eigenvalue weighted by Crippen LogP contribution is 2.30. The molecule has 1 aromatic heterocycles. The summed E-state index contributed by atoms with van der Waals surface area (Å²) in [7, 11) is 0. The van der Waals surface area contributed by atoms with Gasteiger partial charge in [0, 0.05) is 5.56 Å². The molecule has 2 heterocycles. The fourth-order valence-corrected chi connectivity index (χ4v) is 3.86. The normalized spacial score (nSPS) is 24.9. The number of hydrogen-bond acceptors (Lipinski definition) is 4. The molecule has 3 amide bonds. The second-order valence-electron chi connectivity index (χ2n) is 8.12. The molecule has 0 unspecified atom stereocenters. The number of anilines is 1. The van der Waals surface area contributed by atoms with Crippen molar-refractivity contribution >= 4 is 30.2 Å². The van der Waals surface area contributed by atoms with Crippen LogP contribution in [-0.4, -0.2) is 46.6 Å². The first-order valence-corrected chi connectivity index (χ1v) is 9.87. The third kappa shape index (κ3) is 6.19. The van der Waals surface area contributed by atoms with Gasteiger partial charge in [-0.25, -0.2) is 14.2 Å². The van der Waals surface area contributed by atoms with Gasteiger partial charge >= 0.3 is 12.2 Å². The lowest BCUT2D eigenvalue weighted by Crippen LogP contribution is -2.43. The molecule has 2 fully saturated rings. The van der Waals surface area contributed by atoms with Gasteiger partial charge in [-0.2, -0.15) is 13.2 Å². The van der Waals surface area contributed by atoms with Crippen LogP contribution in [0.3, 0.4) is 0 Å². The van der Waals surface area contributed by atoms with E-state index in [9.17, 15) is 27.2 Å². The van der Waals surface area contributed by atoms with Gasteiger partial charge in [-0.3, -0.25) is 4.79 Å². The van der Waals surface area contributed by atoms with Crippen molar-refractivity contribution in [3.63, 3.8) is 0 Å². The number of nitrogens with two attached hydrogens (primary N) is 1. The molecule has 2 atom stereocenters. The Kier molecular flexibility index (Phi) is 8.09. The minimum atomic E-state index is -4.59. The number of halogens is 5. The maximum absolute atomic E-state index is 14.1. The molecule has 174 valence electrons. The van der Waals surface area contributed by atoms with E-state index in [0.717, 1.165) is 36.8 Å². The maximum Gasteiger partial charge on any atom is 0.410 e. The highest BCUT2D eigenvalue weighted by atomic mass is 35.5. The standard InChI is InChI=1S/C19H25F4N5O2.ClH/c1-10-2-4-11(5-3-10)16(24)17(29)27-15-6-12(13(20)7-25-15)8-28-9-14(19(21,22)23)26-18(28)30;/h6-7,10-11,14,16H,2-5,8-9,24H2,1H3,(H,26,30)(H,25,27,29);1H/t10?,11?,14-,16-;/m0./s1. The fraction of sp³-hybridized carbons (Fsp3) is 0.632. The minimum absolute atomic E-state index is 0. The van der Waals surface area contributed by atoms with Gasteiger partial charge in [0.15, 0.2) is 0 Å². The van der Waals surface area contributed by atoms with Crippen LogP contribution in [0.2, 0.25) is 0 Å². The summed E-state index contributed by atoms with van der Waals surface area (Å²) in [6.07, 6.45) is -0.0330. The molecule has 7 nitrogen and oxygen atoms in total. The number of amides is 3. The summed E-state index contributed by atoms with van der Waals surface area (Å²) in [6, 6.07) is -2.47. The van der Waals surface area contributed by atoms with Gasteiger partial charge in [0.2, 0.25) is 5.91 Å². The molecule has 0 radical (unpaired) electrons. The van der Waals surface area contributed by atoms with E-state index in [1.807, 2.05) is 5.32 Å². The monoisotopic (exact) mass is 467 g/mol. The average Bonchev–Trinajstić information content (AvgIpc) is 3.05. The van der Waals surface area contributed by atoms with Gasteiger partial charge in [0.05, 0.1) is 25.3 Å². The summed E-state index contributed by atoms with van der Waals surface area (Å²) >= 11 is 0. The van der Waals surface area contributed by atoms with Crippen LogP contribution in [0.5, 0.6) is 0 Å². The topological polar surface area (TPSA) is 100 Å². The number of urea groups is 1. The molecule has 4 N–H and O–H groups in total. The van der Waals surface area contributed by atoms with Crippen molar-refractivity contribution in [2.24, 2.45) is 17.6 Å². The van der Waals surface area contributed by atoms with E-state index in [1.165, 1.54) is 6.07 Å². The zero-order chi connectivity index (χ0) is 22.1. The van der Waals surface area contributed by atoms with Crippen molar-refractivity contribution in [2.45, 2.75) is 57.4 Å². The third-order valence-electron chi connectivity index (χ3n) is 5.80. The lowest BCUT2D eigenvalue weighted by molar-refractivity contribution is -0.149. The van der Waals surface area contributed by atoms with Gasteiger partial charge in [-0.15, -0.1) is 12.4 Å². The molecular formula is C19H26ClF4N5O2. The molecule has 1 saturated carbocycles. The Balaban J connectivity index is 0.00000341. The first kappa shape index (κ1) is 25.1. The number of pyridine rings is 1. The summed E-state index contributed by atoms with van der Waals surface area (Å²) in [6.45, 7) is 1.14. The third-order valence-corrected chi connectivity index (χ3v) is 5.80. The lowest BCUT2D eigenvalue weighted by atomic mass is 9.79. The van der Waals surface area contributed by atoms with E-state index in [2.05, 4.69) is 17.2 Å². The van der Waals surface area contributed by atoms with Crippen molar-refractivity contribution in [2.75, 3.05) is 11.9 Å². The van der Waals surface area contributed by atoms with Gasteiger partial charge in [-0.05, 0) is 30.7 Å². The molecule has 1 aromatic rings. The van der Waals surface area contributed by atoms with E-state index >= 15 is 0 Å². The summed E-state index contributed by atoms with van der Waals surface area (Å²) in [5, 5.41) is 4.37. The molecule has 1 saturated heterocycles. The Labute approximate surface area is 183 Å². The largest absolute Gasteiger partial charge is 0.410 e. The number of carbonyl (C=O) groups excluding carboxylic acids is 2. The zero-order valence-corrected chi connectivity index (χ0v) is 17.7. The van der Waals surface area contributed by atoms with Crippen LogP contribution in [0.4, 0.5) is 28.2 Å². The highest BCUT2D eigenvalue weighted by Gasteiger charge is 2.46. The molecule has 12 heteroatoms. The van der Waals surface area contributed by atoms with E-state index in [4.69, 9.17) is 5.73 Å². The lowest BCUT2D eigenvalue weighted by Gasteiger charge is -2.29. The molecular weight excluding hydrogens is 442 g/mol. The second kappa shape index (κ2) is 9.99. The van der Waals surface area contributed by atoms with E-state index < -0.39 is 42.6 Å².